The maximum Gasteiger partial charge on any atom is 0.410 e. The number of amides is 1. The number of rotatable bonds is 6. The van der Waals surface area contributed by atoms with Gasteiger partial charge in [-0.1, -0.05) is 30.3 Å². The normalized spacial score (nSPS) is 13.2. The average molecular weight is 441 g/mol. The lowest BCUT2D eigenvalue weighted by atomic mass is 9.93. The summed E-state index contributed by atoms with van der Waals surface area (Å²) in [6, 6.07) is 11.2. The number of aromatic nitrogens is 2. The minimum atomic E-state index is -2.64. The molecular weight excluding hydrogens is 420 g/mol. The number of halogens is 2. The molecule has 0 unspecified atom stereocenters. The van der Waals surface area contributed by atoms with Gasteiger partial charge in [0, 0.05) is 29.4 Å². The van der Waals surface area contributed by atoms with Gasteiger partial charge in [-0.3, -0.25) is 14.7 Å². The number of alkyl halides is 2. The van der Waals surface area contributed by atoms with E-state index in [0.29, 0.717) is 34.5 Å². The summed E-state index contributed by atoms with van der Waals surface area (Å²) in [4.78, 5) is 33.6. The van der Waals surface area contributed by atoms with Gasteiger partial charge >= 0.3 is 6.09 Å². The van der Waals surface area contributed by atoms with E-state index in [4.69, 9.17) is 9.47 Å². The summed E-state index contributed by atoms with van der Waals surface area (Å²) >= 11 is 0. The SMILES string of the molecule is COC(=O)N1CC(=O)c2c([nH]c(-c3ccncc3OCC(F)F)c2Cc2ccccc2)C1. The molecule has 1 amide bonds. The second kappa shape index (κ2) is 9.17. The van der Waals surface area contributed by atoms with Crippen LogP contribution in [0.4, 0.5) is 13.6 Å². The number of H-pyrrole nitrogens is 1. The van der Waals surface area contributed by atoms with Crippen molar-refractivity contribution in [2.24, 2.45) is 0 Å². The van der Waals surface area contributed by atoms with Crippen LogP contribution in [0.5, 0.6) is 5.75 Å². The molecule has 0 fully saturated rings. The third-order valence-corrected chi connectivity index (χ3v) is 5.22. The van der Waals surface area contributed by atoms with Gasteiger partial charge < -0.3 is 14.5 Å². The molecule has 1 aliphatic rings. The summed E-state index contributed by atoms with van der Waals surface area (Å²) in [6.45, 7) is -0.722. The number of pyridine rings is 1. The molecule has 2 aromatic heterocycles. The molecule has 0 aliphatic carbocycles. The number of benzene rings is 1. The van der Waals surface area contributed by atoms with Crippen molar-refractivity contribution in [3.8, 4) is 17.0 Å². The Morgan fingerprint density at radius 3 is 2.72 bits per heavy atom. The minimum absolute atomic E-state index is 0.107. The molecule has 1 N–H and O–H groups in total. The van der Waals surface area contributed by atoms with Crippen molar-refractivity contribution in [1.29, 1.82) is 0 Å². The summed E-state index contributed by atoms with van der Waals surface area (Å²) < 4.78 is 35.6. The second-order valence-corrected chi connectivity index (χ2v) is 7.32. The highest BCUT2D eigenvalue weighted by atomic mass is 19.3. The van der Waals surface area contributed by atoms with Crippen LogP contribution in [0.2, 0.25) is 0 Å². The Hall–Kier alpha value is -3.75. The Morgan fingerprint density at radius 2 is 2.00 bits per heavy atom. The van der Waals surface area contributed by atoms with E-state index in [2.05, 4.69) is 9.97 Å². The molecule has 0 saturated carbocycles. The number of carbonyl (C=O) groups excluding carboxylic acids is 2. The van der Waals surface area contributed by atoms with Gasteiger partial charge in [0.2, 0.25) is 0 Å². The molecule has 0 bridgehead atoms. The standard InChI is InChI=1S/C23H21F2N3O4/c1-31-23(30)28-11-17-21(18(29)12-28)16(9-14-5-3-2-4-6-14)22(27-17)15-7-8-26-10-19(15)32-13-20(24)25/h2-8,10,20,27H,9,11-13H2,1H3. The molecule has 1 aliphatic heterocycles. The number of hydrogen-bond acceptors (Lipinski definition) is 5. The Bertz CT molecular complexity index is 1130. The largest absolute Gasteiger partial charge is 0.485 e. The topological polar surface area (TPSA) is 84.5 Å². The highest BCUT2D eigenvalue weighted by molar-refractivity contribution is 6.04. The lowest BCUT2D eigenvalue weighted by Crippen LogP contribution is -2.39. The molecule has 9 heteroatoms. The van der Waals surface area contributed by atoms with Crippen molar-refractivity contribution in [3.05, 3.63) is 71.2 Å². The molecule has 4 rings (SSSR count). The molecule has 166 valence electrons. The van der Waals surface area contributed by atoms with E-state index in [1.165, 1.54) is 24.4 Å². The van der Waals surface area contributed by atoms with Gasteiger partial charge in [-0.15, -0.1) is 0 Å². The zero-order valence-electron chi connectivity index (χ0n) is 17.3. The zero-order valence-corrected chi connectivity index (χ0v) is 17.3. The van der Waals surface area contributed by atoms with Gasteiger partial charge in [0.25, 0.3) is 6.43 Å². The first-order valence-corrected chi connectivity index (χ1v) is 9.97. The molecule has 7 nitrogen and oxygen atoms in total. The minimum Gasteiger partial charge on any atom is -0.485 e. The monoisotopic (exact) mass is 441 g/mol. The van der Waals surface area contributed by atoms with Gasteiger partial charge in [0.15, 0.2) is 5.78 Å². The summed E-state index contributed by atoms with van der Waals surface area (Å²) in [5.74, 6) is -0.0489. The third-order valence-electron chi connectivity index (χ3n) is 5.22. The van der Waals surface area contributed by atoms with Crippen LogP contribution in [0.25, 0.3) is 11.3 Å². The number of ketones is 1. The maximum absolute atomic E-state index is 13.1. The molecule has 0 radical (unpaired) electrons. The van der Waals surface area contributed by atoms with E-state index in [-0.39, 0.29) is 24.6 Å². The van der Waals surface area contributed by atoms with Crippen molar-refractivity contribution in [1.82, 2.24) is 14.9 Å². The molecule has 0 atom stereocenters. The number of ether oxygens (including phenoxy) is 2. The summed E-state index contributed by atoms with van der Waals surface area (Å²) in [5.41, 5.74) is 3.84. The Balaban J connectivity index is 1.83. The van der Waals surface area contributed by atoms with E-state index in [0.717, 1.165) is 5.56 Å². The van der Waals surface area contributed by atoms with Crippen LogP contribution in [0.3, 0.4) is 0 Å². The van der Waals surface area contributed by atoms with E-state index in [1.807, 2.05) is 30.3 Å². The van der Waals surface area contributed by atoms with Gasteiger partial charge in [0.1, 0.15) is 12.4 Å². The van der Waals surface area contributed by atoms with Crippen LogP contribution in [0, 0.1) is 0 Å². The highest BCUT2D eigenvalue weighted by Crippen LogP contribution is 2.37. The Kier molecular flexibility index (Phi) is 6.16. The summed E-state index contributed by atoms with van der Waals surface area (Å²) in [6.07, 6.45) is 0.0855. The summed E-state index contributed by atoms with van der Waals surface area (Å²) in [7, 11) is 1.26. The van der Waals surface area contributed by atoms with Crippen LogP contribution < -0.4 is 4.74 Å². The second-order valence-electron chi connectivity index (χ2n) is 7.32. The number of aromatic amines is 1. The lowest BCUT2D eigenvalue weighted by molar-refractivity contribution is 0.0820. The fourth-order valence-corrected chi connectivity index (χ4v) is 3.87. The van der Waals surface area contributed by atoms with Crippen LogP contribution in [-0.4, -0.2) is 53.4 Å². The fourth-order valence-electron chi connectivity index (χ4n) is 3.87. The quantitative estimate of drug-likeness (QED) is 0.623. The number of Topliss-reactive ketones (excluding diaryl/α,β-unsaturated/α-hetero) is 1. The molecule has 32 heavy (non-hydrogen) atoms. The first-order valence-electron chi connectivity index (χ1n) is 9.97. The van der Waals surface area contributed by atoms with Crippen molar-refractivity contribution >= 4 is 11.9 Å². The number of nitrogens with zero attached hydrogens (tertiary/aromatic N) is 2. The average Bonchev–Trinajstić information content (AvgIpc) is 3.16. The highest BCUT2D eigenvalue weighted by Gasteiger charge is 2.33. The lowest BCUT2D eigenvalue weighted by Gasteiger charge is -2.25. The van der Waals surface area contributed by atoms with Crippen LogP contribution in [0.1, 0.15) is 27.2 Å². The number of hydrogen-bond donors (Lipinski definition) is 1. The first kappa shape index (κ1) is 21.5. The van der Waals surface area contributed by atoms with Crippen molar-refractivity contribution in [3.63, 3.8) is 0 Å². The fraction of sp³-hybridized carbons (Fsp3) is 0.261. The van der Waals surface area contributed by atoms with Gasteiger partial charge in [-0.05, 0) is 17.2 Å². The van der Waals surface area contributed by atoms with Crippen molar-refractivity contribution < 1.29 is 27.8 Å². The predicted octanol–water partition coefficient (Wildman–Crippen LogP) is 4.08. The van der Waals surface area contributed by atoms with Gasteiger partial charge in [0.05, 0.1) is 32.1 Å². The Labute approximate surface area is 183 Å². The number of methoxy groups -OCH3 is 1. The molecule has 3 heterocycles. The van der Waals surface area contributed by atoms with Crippen LogP contribution in [-0.2, 0) is 17.7 Å². The van der Waals surface area contributed by atoms with E-state index < -0.39 is 19.1 Å². The first-order chi connectivity index (χ1) is 15.5. The van der Waals surface area contributed by atoms with E-state index >= 15 is 0 Å². The van der Waals surface area contributed by atoms with E-state index in [1.54, 1.807) is 6.07 Å². The van der Waals surface area contributed by atoms with Gasteiger partial charge in [-0.25, -0.2) is 13.6 Å². The smallest absolute Gasteiger partial charge is 0.410 e. The predicted molar refractivity (Wildman–Crippen MR) is 112 cm³/mol. The molecular formula is C23H21F2N3O4. The van der Waals surface area contributed by atoms with Crippen molar-refractivity contribution in [2.75, 3.05) is 20.3 Å². The number of nitrogens with one attached hydrogen (secondary N) is 1. The van der Waals surface area contributed by atoms with Gasteiger partial charge in [-0.2, -0.15) is 0 Å². The van der Waals surface area contributed by atoms with Crippen LogP contribution in [0.15, 0.2) is 48.8 Å². The van der Waals surface area contributed by atoms with Crippen LogP contribution >= 0.6 is 0 Å². The number of fused-ring (bicyclic) bond motifs is 1. The number of carbonyl (C=O) groups is 2. The third kappa shape index (κ3) is 4.32. The maximum atomic E-state index is 13.1. The summed E-state index contributed by atoms with van der Waals surface area (Å²) in [5, 5.41) is 0. The molecule has 0 saturated heterocycles. The zero-order chi connectivity index (χ0) is 22.7. The molecule has 3 aromatic rings. The van der Waals surface area contributed by atoms with E-state index in [9.17, 15) is 18.4 Å². The Morgan fingerprint density at radius 1 is 1.22 bits per heavy atom. The molecule has 1 aromatic carbocycles. The van der Waals surface area contributed by atoms with Crippen molar-refractivity contribution in [2.45, 2.75) is 19.4 Å². The molecule has 0 spiro atoms.